The summed E-state index contributed by atoms with van der Waals surface area (Å²) < 4.78 is 0. The molecule has 2 atom stereocenters. The Balaban J connectivity index is 2.06. The predicted octanol–water partition coefficient (Wildman–Crippen LogP) is 1.17. The van der Waals surface area contributed by atoms with Crippen molar-refractivity contribution in [3.8, 4) is 0 Å². The standard InChI is InChI=1S/C13H17NO3/c15-8-11(9-4-2-1-3-5-9)14-12(13(16)17)10-6-7-10/h1-5,10-12,14-15H,6-8H2,(H,16,17). The Labute approximate surface area is 100 Å². The van der Waals surface area contributed by atoms with Crippen LogP contribution in [0.25, 0.3) is 0 Å². The Bertz CT molecular complexity index is 376. The van der Waals surface area contributed by atoms with Gasteiger partial charge in [-0.05, 0) is 24.3 Å². The average Bonchev–Trinajstić information content (AvgIpc) is 3.15. The minimum Gasteiger partial charge on any atom is -0.480 e. The Hall–Kier alpha value is -1.39. The molecule has 0 amide bonds. The van der Waals surface area contributed by atoms with Crippen molar-refractivity contribution < 1.29 is 15.0 Å². The summed E-state index contributed by atoms with van der Waals surface area (Å²) in [7, 11) is 0. The topological polar surface area (TPSA) is 69.6 Å². The second-order valence-electron chi connectivity index (χ2n) is 4.47. The first-order valence-corrected chi connectivity index (χ1v) is 5.87. The van der Waals surface area contributed by atoms with Gasteiger partial charge in [-0.1, -0.05) is 30.3 Å². The number of hydrogen-bond acceptors (Lipinski definition) is 3. The van der Waals surface area contributed by atoms with E-state index in [9.17, 15) is 9.90 Å². The molecule has 17 heavy (non-hydrogen) atoms. The van der Waals surface area contributed by atoms with E-state index < -0.39 is 12.0 Å². The number of carbonyl (C=O) groups is 1. The van der Waals surface area contributed by atoms with Gasteiger partial charge < -0.3 is 10.2 Å². The van der Waals surface area contributed by atoms with Crippen molar-refractivity contribution in [3.63, 3.8) is 0 Å². The molecule has 0 bridgehead atoms. The van der Waals surface area contributed by atoms with Crippen LogP contribution in [0.1, 0.15) is 24.4 Å². The zero-order chi connectivity index (χ0) is 12.3. The lowest BCUT2D eigenvalue weighted by molar-refractivity contribution is -0.140. The average molecular weight is 235 g/mol. The van der Waals surface area contributed by atoms with Crippen LogP contribution < -0.4 is 5.32 Å². The number of benzene rings is 1. The molecule has 0 aliphatic heterocycles. The Morgan fingerprint density at radius 1 is 1.35 bits per heavy atom. The second kappa shape index (κ2) is 5.29. The zero-order valence-corrected chi connectivity index (χ0v) is 9.54. The smallest absolute Gasteiger partial charge is 0.321 e. The van der Waals surface area contributed by atoms with Gasteiger partial charge in [0.2, 0.25) is 0 Å². The first kappa shape index (κ1) is 12.1. The van der Waals surface area contributed by atoms with E-state index >= 15 is 0 Å². The summed E-state index contributed by atoms with van der Waals surface area (Å²) in [4.78, 5) is 11.1. The van der Waals surface area contributed by atoms with Crippen LogP contribution in [0.5, 0.6) is 0 Å². The molecule has 2 rings (SSSR count). The van der Waals surface area contributed by atoms with Crippen molar-refractivity contribution >= 4 is 5.97 Å². The zero-order valence-electron chi connectivity index (χ0n) is 9.54. The van der Waals surface area contributed by atoms with Gasteiger partial charge in [0.05, 0.1) is 12.6 Å². The van der Waals surface area contributed by atoms with Crippen molar-refractivity contribution in [3.05, 3.63) is 35.9 Å². The minimum atomic E-state index is -0.832. The van der Waals surface area contributed by atoms with Gasteiger partial charge in [-0.3, -0.25) is 10.1 Å². The fraction of sp³-hybridized carbons (Fsp3) is 0.462. The number of rotatable bonds is 6. The molecule has 3 N–H and O–H groups in total. The fourth-order valence-corrected chi connectivity index (χ4v) is 1.99. The number of aliphatic hydroxyl groups is 1. The highest BCUT2D eigenvalue weighted by molar-refractivity contribution is 5.74. The number of carboxylic acid groups (broad SMARTS) is 1. The number of aliphatic carboxylic acids is 1. The lowest BCUT2D eigenvalue weighted by Crippen LogP contribution is -2.42. The maximum absolute atomic E-state index is 11.1. The molecule has 1 aliphatic rings. The molecular formula is C13H17NO3. The van der Waals surface area contributed by atoms with Crippen LogP contribution in [0.3, 0.4) is 0 Å². The molecule has 0 heterocycles. The van der Waals surface area contributed by atoms with E-state index in [1.54, 1.807) is 0 Å². The van der Waals surface area contributed by atoms with Gasteiger partial charge in [-0.15, -0.1) is 0 Å². The minimum absolute atomic E-state index is 0.0967. The molecule has 0 aromatic heterocycles. The van der Waals surface area contributed by atoms with Crippen molar-refractivity contribution in [1.29, 1.82) is 0 Å². The van der Waals surface area contributed by atoms with Gasteiger partial charge in [0.1, 0.15) is 6.04 Å². The lowest BCUT2D eigenvalue weighted by atomic mass is 10.1. The highest BCUT2D eigenvalue weighted by Gasteiger charge is 2.37. The van der Waals surface area contributed by atoms with Gasteiger partial charge >= 0.3 is 5.97 Å². The Morgan fingerprint density at radius 2 is 2.00 bits per heavy atom. The van der Waals surface area contributed by atoms with Crippen LogP contribution in [0, 0.1) is 5.92 Å². The van der Waals surface area contributed by atoms with Crippen molar-refractivity contribution in [2.75, 3.05) is 6.61 Å². The van der Waals surface area contributed by atoms with E-state index in [-0.39, 0.29) is 18.6 Å². The van der Waals surface area contributed by atoms with Crippen LogP contribution in [-0.2, 0) is 4.79 Å². The first-order valence-electron chi connectivity index (χ1n) is 5.87. The molecular weight excluding hydrogens is 218 g/mol. The maximum atomic E-state index is 11.1. The molecule has 1 aromatic carbocycles. The van der Waals surface area contributed by atoms with Crippen molar-refractivity contribution in [2.24, 2.45) is 5.92 Å². The predicted molar refractivity (Wildman–Crippen MR) is 63.6 cm³/mol. The molecule has 4 heteroatoms. The van der Waals surface area contributed by atoms with Gasteiger partial charge in [0, 0.05) is 0 Å². The number of carboxylic acids is 1. The summed E-state index contributed by atoms with van der Waals surface area (Å²) in [5.41, 5.74) is 0.918. The summed E-state index contributed by atoms with van der Waals surface area (Å²) in [6, 6.07) is 8.58. The summed E-state index contributed by atoms with van der Waals surface area (Å²) in [5, 5.41) is 21.5. The van der Waals surface area contributed by atoms with E-state index in [1.807, 2.05) is 30.3 Å². The summed E-state index contributed by atoms with van der Waals surface area (Å²) in [5.74, 6) is -0.618. The van der Waals surface area contributed by atoms with Gasteiger partial charge in [-0.25, -0.2) is 0 Å². The third kappa shape index (κ3) is 3.05. The molecule has 1 fully saturated rings. The molecule has 1 saturated carbocycles. The monoisotopic (exact) mass is 235 g/mol. The number of aliphatic hydroxyl groups excluding tert-OH is 1. The van der Waals surface area contributed by atoms with Crippen molar-refractivity contribution in [2.45, 2.75) is 24.9 Å². The summed E-state index contributed by atoms with van der Waals surface area (Å²) >= 11 is 0. The van der Waals surface area contributed by atoms with Crippen LogP contribution in [-0.4, -0.2) is 28.8 Å². The van der Waals surface area contributed by atoms with Crippen LogP contribution in [0.2, 0.25) is 0 Å². The van der Waals surface area contributed by atoms with Gasteiger partial charge in [-0.2, -0.15) is 0 Å². The van der Waals surface area contributed by atoms with Crippen LogP contribution in [0.15, 0.2) is 30.3 Å². The lowest BCUT2D eigenvalue weighted by Gasteiger charge is -2.21. The largest absolute Gasteiger partial charge is 0.480 e. The van der Waals surface area contributed by atoms with E-state index in [0.717, 1.165) is 18.4 Å². The van der Waals surface area contributed by atoms with E-state index in [1.165, 1.54) is 0 Å². The molecule has 92 valence electrons. The molecule has 0 radical (unpaired) electrons. The first-order chi connectivity index (χ1) is 8.22. The quantitative estimate of drug-likeness (QED) is 0.692. The second-order valence-corrected chi connectivity index (χ2v) is 4.47. The third-order valence-electron chi connectivity index (χ3n) is 3.12. The van der Waals surface area contributed by atoms with Crippen LogP contribution in [0.4, 0.5) is 0 Å². The normalized spacial score (nSPS) is 18.6. The summed E-state index contributed by atoms with van der Waals surface area (Å²) in [6.45, 7) is -0.0967. The van der Waals surface area contributed by atoms with Gasteiger partial charge in [0.25, 0.3) is 0 Å². The third-order valence-corrected chi connectivity index (χ3v) is 3.12. The summed E-state index contributed by atoms with van der Waals surface area (Å²) in [6.07, 6.45) is 1.91. The molecule has 1 aromatic rings. The molecule has 0 spiro atoms. The van der Waals surface area contributed by atoms with Gasteiger partial charge in [0.15, 0.2) is 0 Å². The maximum Gasteiger partial charge on any atom is 0.321 e. The fourth-order valence-electron chi connectivity index (χ4n) is 1.99. The van der Waals surface area contributed by atoms with E-state index in [0.29, 0.717) is 0 Å². The Kier molecular flexibility index (Phi) is 3.76. The van der Waals surface area contributed by atoms with E-state index in [2.05, 4.69) is 5.32 Å². The Morgan fingerprint density at radius 3 is 2.47 bits per heavy atom. The SMILES string of the molecule is O=C(O)C(NC(CO)c1ccccc1)C1CC1. The van der Waals surface area contributed by atoms with Crippen molar-refractivity contribution in [1.82, 2.24) is 5.32 Å². The molecule has 2 unspecified atom stereocenters. The molecule has 0 saturated heterocycles. The van der Waals surface area contributed by atoms with E-state index in [4.69, 9.17) is 5.11 Å². The highest BCUT2D eigenvalue weighted by atomic mass is 16.4. The van der Waals surface area contributed by atoms with Crippen LogP contribution >= 0.6 is 0 Å². The number of nitrogens with one attached hydrogen (secondary N) is 1. The highest BCUT2D eigenvalue weighted by Crippen LogP contribution is 2.33. The molecule has 1 aliphatic carbocycles. The number of hydrogen-bond donors (Lipinski definition) is 3. The molecule has 4 nitrogen and oxygen atoms in total.